The third-order valence-electron chi connectivity index (χ3n) is 4.15. The summed E-state index contributed by atoms with van der Waals surface area (Å²) in [4.78, 5) is 15.8. The van der Waals surface area contributed by atoms with Crippen molar-refractivity contribution >= 4 is 28.3 Å². The van der Waals surface area contributed by atoms with E-state index in [1.807, 2.05) is 0 Å². The number of nitrogens with zero attached hydrogens (tertiary/aromatic N) is 2. The Hall–Kier alpha value is -1.20. The van der Waals surface area contributed by atoms with E-state index < -0.39 is 10.0 Å². The molecule has 2 rings (SSSR count). The number of imidazole rings is 1. The normalized spacial score (nSPS) is 16.9. The van der Waals surface area contributed by atoms with Gasteiger partial charge < -0.3 is 19.9 Å². The molecule has 0 unspecified atom stereocenters. The average Bonchev–Trinajstić information content (AvgIpc) is 3.00. The van der Waals surface area contributed by atoms with E-state index in [1.165, 1.54) is 17.1 Å². The molecule has 0 atom stereocenters. The fourth-order valence-corrected chi connectivity index (χ4v) is 3.71. The molecule has 11 heteroatoms. The Morgan fingerprint density at radius 2 is 2.12 bits per heavy atom. The van der Waals surface area contributed by atoms with Gasteiger partial charge in [0, 0.05) is 32.3 Å². The number of carbonyl (C=O) groups is 1. The van der Waals surface area contributed by atoms with Crippen LogP contribution in [0.3, 0.4) is 0 Å². The van der Waals surface area contributed by atoms with Crippen molar-refractivity contribution in [2.24, 2.45) is 12.5 Å². The molecule has 1 fully saturated rings. The van der Waals surface area contributed by atoms with E-state index >= 15 is 0 Å². The Kier molecular flexibility index (Phi) is 8.29. The lowest BCUT2D eigenvalue weighted by atomic mass is 9.79. The minimum Gasteiger partial charge on any atom is -0.384 e. The SMILES string of the molecule is COCC1(CNC(=O)CNS(=O)(=O)c2cn(C)cn2)CCNCC1.Cl. The van der Waals surface area contributed by atoms with Gasteiger partial charge in [0.25, 0.3) is 10.0 Å². The van der Waals surface area contributed by atoms with Crippen LogP contribution in [0, 0.1) is 5.41 Å². The molecule has 1 aromatic heterocycles. The number of hydrogen-bond donors (Lipinski definition) is 3. The van der Waals surface area contributed by atoms with Crippen molar-refractivity contribution in [1.82, 2.24) is 24.9 Å². The number of sulfonamides is 1. The summed E-state index contributed by atoms with van der Waals surface area (Å²) in [6, 6.07) is 0. The van der Waals surface area contributed by atoms with Crippen molar-refractivity contribution in [2.45, 2.75) is 17.9 Å². The van der Waals surface area contributed by atoms with Gasteiger partial charge >= 0.3 is 0 Å². The van der Waals surface area contributed by atoms with Gasteiger partial charge in [-0.2, -0.15) is 0 Å². The Labute approximate surface area is 154 Å². The monoisotopic (exact) mass is 395 g/mol. The predicted molar refractivity (Wildman–Crippen MR) is 95.1 cm³/mol. The van der Waals surface area contributed by atoms with Crippen LogP contribution in [0.1, 0.15) is 12.8 Å². The molecule has 0 aromatic carbocycles. The van der Waals surface area contributed by atoms with Crippen LogP contribution in [0.2, 0.25) is 0 Å². The zero-order valence-corrected chi connectivity index (χ0v) is 16.1. The van der Waals surface area contributed by atoms with Crippen LogP contribution in [0.5, 0.6) is 0 Å². The van der Waals surface area contributed by atoms with Crippen molar-refractivity contribution in [3.8, 4) is 0 Å². The van der Waals surface area contributed by atoms with Gasteiger partial charge in [-0.1, -0.05) is 0 Å². The first kappa shape index (κ1) is 21.8. The smallest absolute Gasteiger partial charge is 0.260 e. The highest BCUT2D eigenvalue weighted by Gasteiger charge is 2.32. The van der Waals surface area contributed by atoms with Crippen LogP contribution in [0.4, 0.5) is 0 Å². The third-order valence-corrected chi connectivity index (χ3v) is 5.44. The largest absolute Gasteiger partial charge is 0.384 e. The first-order chi connectivity index (χ1) is 11.4. The minimum atomic E-state index is -3.78. The van der Waals surface area contributed by atoms with Crippen molar-refractivity contribution < 1.29 is 17.9 Å². The number of aryl methyl sites for hydroxylation is 1. The second kappa shape index (κ2) is 9.48. The minimum absolute atomic E-state index is 0. The standard InChI is InChI=1S/C14H25N5O4S.ClH/c1-19-8-13(17-11-19)24(21,22)18-7-12(20)16-9-14(10-23-2)3-5-15-6-4-14;/h8,11,15,18H,3-7,9-10H2,1-2H3,(H,16,20);1H. The lowest BCUT2D eigenvalue weighted by molar-refractivity contribution is -0.120. The maximum atomic E-state index is 12.0. The molecule has 1 aromatic rings. The summed E-state index contributed by atoms with van der Waals surface area (Å²) in [7, 11) is -0.462. The molecular weight excluding hydrogens is 370 g/mol. The zero-order valence-electron chi connectivity index (χ0n) is 14.4. The van der Waals surface area contributed by atoms with Gasteiger partial charge in [0.2, 0.25) is 5.91 Å². The Bertz CT molecular complexity index is 652. The summed E-state index contributed by atoms with van der Waals surface area (Å²) in [6.45, 7) is 2.47. The first-order valence-corrected chi connectivity index (χ1v) is 9.29. The van der Waals surface area contributed by atoms with E-state index in [4.69, 9.17) is 4.74 Å². The van der Waals surface area contributed by atoms with Gasteiger partial charge in [0.15, 0.2) is 5.03 Å². The molecule has 1 amide bonds. The van der Waals surface area contributed by atoms with Gasteiger partial charge in [0.05, 0.1) is 19.5 Å². The number of methoxy groups -OCH3 is 1. The average molecular weight is 396 g/mol. The van der Waals surface area contributed by atoms with Gasteiger partial charge in [-0.05, 0) is 25.9 Å². The fraction of sp³-hybridized carbons (Fsp3) is 0.714. The molecule has 144 valence electrons. The van der Waals surface area contributed by atoms with Gasteiger partial charge in [-0.3, -0.25) is 4.79 Å². The highest BCUT2D eigenvalue weighted by molar-refractivity contribution is 7.89. The number of aromatic nitrogens is 2. The molecule has 0 aliphatic carbocycles. The van der Waals surface area contributed by atoms with Gasteiger partial charge in [0.1, 0.15) is 0 Å². The van der Waals surface area contributed by atoms with E-state index in [1.54, 1.807) is 14.2 Å². The maximum absolute atomic E-state index is 12.0. The molecule has 0 radical (unpaired) electrons. The molecule has 25 heavy (non-hydrogen) atoms. The number of hydrogen-bond acceptors (Lipinski definition) is 6. The second-order valence-electron chi connectivity index (χ2n) is 6.16. The molecule has 1 aliphatic rings. The van der Waals surface area contributed by atoms with Crippen molar-refractivity contribution in [3.05, 3.63) is 12.5 Å². The number of piperidine rings is 1. The van der Waals surface area contributed by atoms with Crippen LogP contribution in [0.15, 0.2) is 17.6 Å². The number of amides is 1. The van der Waals surface area contributed by atoms with E-state index in [-0.39, 0.29) is 35.3 Å². The van der Waals surface area contributed by atoms with Crippen molar-refractivity contribution in [1.29, 1.82) is 0 Å². The van der Waals surface area contributed by atoms with E-state index in [9.17, 15) is 13.2 Å². The van der Waals surface area contributed by atoms with Crippen LogP contribution in [0.25, 0.3) is 0 Å². The van der Waals surface area contributed by atoms with E-state index in [0.717, 1.165) is 25.9 Å². The number of ether oxygens (including phenoxy) is 1. The molecule has 3 N–H and O–H groups in total. The van der Waals surface area contributed by atoms with Crippen molar-refractivity contribution in [3.63, 3.8) is 0 Å². The predicted octanol–water partition coefficient (Wildman–Crippen LogP) is -0.747. The number of rotatable bonds is 8. The molecule has 0 bridgehead atoms. The van der Waals surface area contributed by atoms with Crippen LogP contribution in [-0.4, -0.2) is 63.8 Å². The van der Waals surface area contributed by atoms with E-state index in [0.29, 0.717) is 13.2 Å². The first-order valence-electron chi connectivity index (χ1n) is 7.81. The number of nitrogens with one attached hydrogen (secondary N) is 3. The quantitative estimate of drug-likeness (QED) is 0.533. The fourth-order valence-electron chi connectivity index (χ4n) is 2.75. The summed E-state index contributed by atoms with van der Waals surface area (Å²) in [5, 5.41) is 5.99. The molecule has 9 nitrogen and oxygen atoms in total. The zero-order chi connectivity index (χ0) is 17.6. The van der Waals surface area contributed by atoms with E-state index in [2.05, 4.69) is 20.3 Å². The highest BCUT2D eigenvalue weighted by atomic mass is 35.5. The Balaban J connectivity index is 0.00000312. The van der Waals surface area contributed by atoms with Crippen molar-refractivity contribution in [2.75, 3.05) is 39.9 Å². The molecule has 1 aliphatic heterocycles. The molecule has 2 heterocycles. The lowest BCUT2D eigenvalue weighted by Gasteiger charge is -2.37. The van der Waals surface area contributed by atoms with Crippen LogP contribution in [-0.2, 0) is 26.6 Å². The highest BCUT2D eigenvalue weighted by Crippen LogP contribution is 2.28. The van der Waals surface area contributed by atoms with Crippen LogP contribution < -0.4 is 15.4 Å². The molecule has 0 saturated carbocycles. The third kappa shape index (κ3) is 6.23. The summed E-state index contributed by atoms with van der Waals surface area (Å²) < 4.78 is 33.1. The number of halogens is 1. The summed E-state index contributed by atoms with van der Waals surface area (Å²) >= 11 is 0. The Morgan fingerprint density at radius 3 is 2.68 bits per heavy atom. The number of carbonyl (C=O) groups excluding carboxylic acids is 1. The Morgan fingerprint density at radius 1 is 1.44 bits per heavy atom. The van der Waals surface area contributed by atoms with Crippen LogP contribution >= 0.6 is 12.4 Å². The van der Waals surface area contributed by atoms with Gasteiger partial charge in [-0.15, -0.1) is 12.4 Å². The topological polar surface area (TPSA) is 114 Å². The second-order valence-corrected chi connectivity index (χ2v) is 7.88. The maximum Gasteiger partial charge on any atom is 0.260 e. The summed E-state index contributed by atoms with van der Waals surface area (Å²) in [5.74, 6) is -0.372. The molecule has 0 spiro atoms. The summed E-state index contributed by atoms with van der Waals surface area (Å²) in [6.07, 6.45) is 4.57. The molecule has 1 saturated heterocycles. The summed E-state index contributed by atoms with van der Waals surface area (Å²) in [5.41, 5.74) is -0.102. The molecular formula is C14H26ClN5O4S. The van der Waals surface area contributed by atoms with Gasteiger partial charge in [-0.25, -0.2) is 18.1 Å². The lowest BCUT2D eigenvalue weighted by Crippen LogP contribution is -2.48.